The summed E-state index contributed by atoms with van der Waals surface area (Å²) < 4.78 is 5.07. The average Bonchev–Trinajstić information content (AvgIpc) is 2.18. The second-order valence-corrected chi connectivity index (χ2v) is 3.70. The summed E-state index contributed by atoms with van der Waals surface area (Å²) >= 11 is 0. The molecule has 0 atom stereocenters. The zero-order chi connectivity index (χ0) is 10.8. The lowest BCUT2D eigenvalue weighted by Crippen LogP contribution is -2.03. The third-order valence-corrected chi connectivity index (χ3v) is 1.73. The van der Waals surface area contributed by atoms with Gasteiger partial charge in [0.1, 0.15) is 0 Å². The zero-order valence-electron chi connectivity index (χ0n) is 9.51. The Balaban J connectivity index is 0.000000249. The first-order valence-electron chi connectivity index (χ1n) is 5.20. The summed E-state index contributed by atoms with van der Waals surface area (Å²) in [6.07, 6.45) is 7.82. The molecule has 0 aromatic rings. The fourth-order valence-corrected chi connectivity index (χ4v) is 0.972. The van der Waals surface area contributed by atoms with Crippen LogP contribution in [0.4, 0.5) is 0 Å². The van der Waals surface area contributed by atoms with E-state index in [4.69, 9.17) is 4.74 Å². The fourth-order valence-electron chi connectivity index (χ4n) is 0.972. The quantitative estimate of drug-likeness (QED) is 0.606. The van der Waals surface area contributed by atoms with Gasteiger partial charge in [-0.2, -0.15) is 0 Å². The van der Waals surface area contributed by atoms with Gasteiger partial charge in [-0.25, -0.2) is 0 Å². The molecule has 1 heteroatoms. The first-order valence-corrected chi connectivity index (χ1v) is 5.20. The molecule has 1 heterocycles. The van der Waals surface area contributed by atoms with E-state index in [0.29, 0.717) is 0 Å². The Bertz CT molecular complexity index is 170. The largest absolute Gasteiger partial charge is 0.381 e. The third-order valence-electron chi connectivity index (χ3n) is 1.73. The van der Waals surface area contributed by atoms with Gasteiger partial charge in [0.15, 0.2) is 0 Å². The van der Waals surface area contributed by atoms with E-state index >= 15 is 0 Å². The van der Waals surface area contributed by atoms with E-state index in [1.54, 1.807) is 0 Å². The minimum Gasteiger partial charge on any atom is -0.381 e. The molecule has 0 bridgehead atoms. The molecule has 1 aliphatic rings. The van der Waals surface area contributed by atoms with Gasteiger partial charge in [0.2, 0.25) is 0 Å². The van der Waals surface area contributed by atoms with Gasteiger partial charge in [-0.15, -0.1) is 0 Å². The van der Waals surface area contributed by atoms with Gasteiger partial charge in [-0.1, -0.05) is 36.5 Å². The van der Waals surface area contributed by atoms with Crippen LogP contribution in [0.3, 0.4) is 0 Å². The monoisotopic (exact) mass is 194 g/mol. The first-order chi connectivity index (χ1) is 6.63. The molecule has 1 nitrogen and oxygen atoms in total. The summed E-state index contributed by atoms with van der Waals surface area (Å²) in [7, 11) is 0. The Hall–Kier alpha value is -0.820. The van der Waals surface area contributed by atoms with Crippen molar-refractivity contribution in [3.63, 3.8) is 0 Å². The maximum absolute atomic E-state index is 5.07. The van der Waals surface area contributed by atoms with E-state index in [1.807, 2.05) is 26.0 Å². The molecule has 0 spiro atoms. The summed E-state index contributed by atoms with van der Waals surface area (Å²) in [5, 5.41) is 0. The van der Waals surface area contributed by atoms with Crippen molar-refractivity contribution in [2.24, 2.45) is 0 Å². The molecular formula is C13H22O. The summed E-state index contributed by atoms with van der Waals surface area (Å²) in [6.45, 7) is 13.3. The summed E-state index contributed by atoms with van der Waals surface area (Å²) in [6, 6.07) is 0. The van der Waals surface area contributed by atoms with Crippen molar-refractivity contribution in [2.75, 3.05) is 13.2 Å². The van der Waals surface area contributed by atoms with E-state index in [1.165, 1.54) is 19.3 Å². The molecule has 1 aliphatic heterocycles. The van der Waals surface area contributed by atoms with Crippen LogP contribution < -0.4 is 0 Å². The highest BCUT2D eigenvalue weighted by Crippen LogP contribution is 2.02. The fraction of sp³-hybridized carbons (Fsp3) is 0.538. The van der Waals surface area contributed by atoms with Crippen molar-refractivity contribution in [3.8, 4) is 0 Å². The molecule has 1 saturated heterocycles. The summed E-state index contributed by atoms with van der Waals surface area (Å²) in [4.78, 5) is 0. The number of ether oxygens (including phenoxy) is 1. The maximum atomic E-state index is 5.07. The lowest BCUT2D eigenvalue weighted by molar-refractivity contribution is 0.0968. The van der Waals surface area contributed by atoms with Gasteiger partial charge in [-0.3, -0.25) is 0 Å². The van der Waals surface area contributed by atoms with Crippen molar-refractivity contribution >= 4 is 0 Å². The predicted octanol–water partition coefficient (Wildman–Crippen LogP) is 3.88. The second kappa shape index (κ2) is 8.76. The Morgan fingerprint density at radius 3 is 1.50 bits per heavy atom. The first kappa shape index (κ1) is 13.2. The molecule has 0 saturated carbocycles. The highest BCUT2D eigenvalue weighted by Gasteiger charge is 1.95. The summed E-state index contributed by atoms with van der Waals surface area (Å²) in [5.41, 5.74) is 2.13. The van der Waals surface area contributed by atoms with Crippen molar-refractivity contribution in [1.29, 1.82) is 0 Å². The van der Waals surface area contributed by atoms with Crippen LogP contribution in [0.25, 0.3) is 0 Å². The van der Waals surface area contributed by atoms with Gasteiger partial charge in [0.05, 0.1) is 0 Å². The molecule has 0 unspecified atom stereocenters. The Labute approximate surface area is 88.2 Å². The number of hydrogen-bond acceptors (Lipinski definition) is 1. The lowest BCUT2D eigenvalue weighted by atomic mass is 10.2. The molecule has 1 fully saturated rings. The van der Waals surface area contributed by atoms with Gasteiger partial charge in [0.25, 0.3) is 0 Å². The molecule has 1 rings (SSSR count). The van der Waals surface area contributed by atoms with Crippen LogP contribution in [0.5, 0.6) is 0 Å². The van der Waals surface area contributed by atoms with Gasteiger partial charge < -0.3 is 4.74 Å². The van der Waals surface area contributed by atoms with Crippen LogP contribution in [-0.2, 0) is 4.74 Å². The van der Waals surface area contributed by atoms with Crippen molar-refractivity contribution in [1.82, 2.24) is 0 Å². The van der Waals surface area contributed by atoms with Gasteiger partial charge >= 0.3 is 0 Å². The minimum absolute atomic E-state index is 1.00. The van der Waals surface area contributed by atoms with Crippen LogP contribution in [0.2, 0.25) is 0 Å². The van der Waals surface area contributed by atoms with Gasteiger partial charge in [-0.05, 0) is 33.1 Å². The average molecular weight is 194 g/mol. The van der Waals surface area contributed by atoms with Crippen LogP contribution in [0.1, 0.15) is 33.1 Å². The highest BCUT2D eigenvalue weighted by molar-refractivity contribution is 5.20. The molecular weight excluding hydrogens is 172 g/mol. The molecule has 0 aromatic carbocycles. The predicted molar refractivity (Wildman–Crippen MR) is 63.4 cm³/mol. The molecule has 0 amide bonds. The van der Waals surface area contributed by atoms with Crippen LogP contribution in [-0.4, -0.2) is 13.2 Å². The molecule has 14 heavy (non-hydrogen) atoms. The third kappa shape index (κ3) is 11.2. The van der Waals surface area contributed by atoms with E-state index in [2.05, 4.69) is 13.2 Å². The molecule has 0 radical (unpaired) electrons. The molecule has 0 N–H and O–H groups in total. The number of rotatable bonds is 2. The van der Waals surface area contributed by atoms with Gasteiger partial charge in [0, 0.05) is 13.2 Å². The highest BCUT2D eigenvalue weighted by atomic mass is 16.5. The van der Waals surface area contributed by atoms with E-state index in [-0.39, 0.29) is 0 Å². The van der Waals surface area contributed by atoms with Crippen molar-refractivity contribution in [2.45, 2.75) is 33.1 Å². The number of hydrogen-bond donors (Lipinski definition) is 0. The lowest BCUT2D eigenvalue weighted by Gasteiger charge is -2.08. The minimum atomic E-state index is 1.00. The Kier molecular flexibility index (Phi) is 8.25. The van der Waals surface area contributed by atoms with E-state index < -0.39 is 0 Å². The van der Waals surface area contributed by atoms with E-state index in [9.17, 15) is 0 Å². The zero-order valence-corrected chi connectivity index (χ0v) is 9.51. The van der Waals surface area contributed by atoms with Crippen LogP contribution in [0.15, 0.2) is 36.5 Å². The SMILES string of the molecule is C1CCOCC1.C=C(C)/C=C\C(=C)C. The van der Waals surface area contributed by atoms with Crippen LogP contribution >= 0.6 is 0 Å². The normalized spacial score (nSPS) is 15.9. The summed E-state index contributed by atoms with van der Waals surface area (Å²) in [5.74, 6) is 0. The maximum Gasteiger partial charge on any atom is 0.0466 e. The van der Waals surface area contributed by atoms with Crippen molar-refractivity contribution in [3.05, 3.63) is 36.5 Å². The standard InChI is InChI=1S/C8H12.C5H10O/c1-7(2)5-6-8(3)4;1-2-4-6-5-3-1/h5-6H,1,3H2,2,4H3;1-5H2/b6-5-;. The van der Waals surface area contributed by atoms with Crippen molar-refractivity contribution < 1.29 is 4.74 Å². The Morgan fingerprint density at radius 2 is 1.36 bits per heavy atom. The molecule has 0 aliphatic carbocycles. The topological polar surface area (TPSA) is 9.23 Å². The Morgan fingerprint density at radius 1 is 0.929 bits per heavy atom. The van der Waals surface area contributed by atoms with Crippen LogP contribution in [0, 0.1) is 0 Å². The number of allylic oxidation sites excluding steroid dienone is 4. The van der Waals surface area contributed by atoms with E-state index in [0.717, 1.165) is 24.4 Å². The second-order valence-electron chi connectivity index (χ2n) is 3.70. The molecule has 80 valence electrons. The smallest absolute Gasteiger partial charge is 0.0466 e. The molecule has 0 aromatic heterocycles.